The second-order valence-corrected chi connectivity index (χ2v) is 6.13. The van der Waals surface area contributed by atoms with Crippen LogP contribution in [0.2, 0.25) is 0 Å². The summed E-state index contributed by atoms with van der Waals surface area (Å²) in [5, 5.41) is 2.69. The minimum Gasteiger partial charge on any atom is -0.490 e. The van der Waals surface area contributed by atoms with Crippen molar-refractivity contribution in [2.75, 3.05) is 25.3 Å². The van der Waals surface area contributed by atoms with Gasteiger partial charge in [-0.2, -0.15) is 0 Å². The molecule has 2 aromatic carbocycles. The third-order valence-corrected chi connectivity index (χ3v) is 4.07. The first kappa shape index (κ1) is 20.3. The number of esters is 1. The lowest BCUT2D eigenvalue weighted by Gasteiger charge is -2.15. The molecule has 1 amide bonds. The molecular weight excluding hydrogens is 378 g/mol. The Hall–Kier alpha value is -3.42. The minimum absolute atomic E-state index is 0.145. The maximum atomic E-state index is 12.5. The van der Waals surface area contributed by atoms with E-state index >= 15 is 0 Å². The lowest BCUT2D eigenvalue weighted by atomic mass is 10.2. The molecule has 0 unspecified atom stereocenters. The molecule has 0 bridgehead atoms. The molecular formula is C21H23NO7. The fourth-order valence-electron chi connectivity index (χ4n) is 2.68. The molecule has 154 valence electrons. The molecule has 3 rings (SSSR count). The Labute approximate surface area is 168 Å². The summed E-state index contributed by atoms with van der Waals surface area (Å²) in [4.78, 5) is 24.8. The van der Waals surface area contributed by atoms with Crippen LogP contribution in [-0.4, -0.2) is 38.0 Å². The smallest absolute Gasteiger partial charge is 0.339 e. The highest BCUT2D eigenvalue weighted by Crippen LogP contribution is 2.34. The van der Waals surface area contributed by atoms with Crippen molar-refractivity contribution in [3.8, 4) is 23.0 Å². The summed E-state index contributed by atoms with van der Waals surface area (Å²) in [5.41, 5.74) is 0.779. The minimum atomic E-state index is -1.00. The Balaban J connectivity index is 1.63. The van der Waals surface area contributed by atoms with Gasteiger partial charge in [-0.3, -0.25) is 4.79 Å². The van der Waals surface area contributed by atoms with Gasteiger partial charge in [0.05, 0.1) is 18.8 Å². The normalized spacial score (nSPS) is 12.8. The summed E-state index contributed by atoms with van der Waals surface area (Å²) >= 11 is 0. The number of carbonyl (C=O) groups excluding carboxylic acids is 2. The van der Waals surface area contributed by atoms with E-state index in [1.54, 1.807) is 36.4 Å². The molecule has 29 heavy (non-hydrogen) atoms. The van der Waals surface area contributed by atoms with Gasteiger partial charge in [0.25, 0.3) is 5.91 Å². The van der Waals surface area contributed by atoms with Crippen molar-refractivity contribution in [2.24, 2.45) is 0 Å². The Morgan fingerprint density at radius 3 is 2.48 bits per heavy atom. The van der Waals surface area contributed by atoms with Crippen LogP contribution in [0.1, 0.15) is 31.1 Å². The molecule has 0 aromatic heterocycles. The predicted molar refractivity (Wildman–Crippen MR) is 105 cm³/mol. The first-order chi connectivity index (χ1) is 14.0. The van der Waals surface area contributed by atoms with Crippen LogP contribution in [0.5, 0.6) is 23.0 Å². The molecule has 0 saturated carbocycles. The van der Waals surface area contributed by atoms with Crippen molar-refractivity contribution < 1.29 is 33.3 Å². The first-order valence-corrected chi connectivity index (χ1v) is 9.33. The molecule has 1 aliphatic heterocycles. The third-order valence-electron chi connectivity index (χ3n) is 4.07. The van der Waals surface area contributed by atoms with E-state index in [1.807, 2.05) is 13.8 Å². The molecule has 1 heterocycles. The maximum absolute atomic E-state index is 12.5. The van der Waals surface area contributed by atoms with Crippen LogP contribution in [0.3, 0.4) is 0 Å². The van der Waals surface area contributed by atoms with Crippen molar-refractivity contribution in [3.63, 3.8) is 0 Å². The van der Waals surface area contributed by atoms with Gasteiger partial charge in [0.2, 0.25) is 6.79 Å². The average Bonchev–Trinajstić information content (AvgIpc) is 3.17. The summed E-state index contributed by atoms with van der Waals surface area (Å²) < 4.78 is 26.8. The van der Waals surface area contributed by atoms with E-state index in [2.05, 4.69) is 5.32 Å². The number of hydrogen-bond acceptors (Lipinski definition) is 7. The van der Waals surface area contributed by atoms with Crippen molar-refractivity contribution in [1.82, 2.24) is 0 Å². The fraction of sp³-hybridized carbons (Fsp3) is 0.333. The molecule has 1 atom stereocenters. The summed E-state index contributed by atoms with van der Waals surface area (Å²) in [5.74, 6) is 1.05. The van der Waals surface area contributed by atoms with Crippen molar-refractivity contribution >= 4 is 17.6 Å². The number of anilines is 1. The number of hydrogen-bond donors (Lipinski definition) is 1. The monoisotopic (exact) mass is 401 g/mol. The molecule has 0 saturated heterocycles. The second-order valence-electron chi connectivity index (χ2n) is 6.13. The summed E-state index contributed by atoms with van der Waals surface area (Å²) in [7, 11) is 0. The van der Waals surface area contributed by atoms with E-state index in [0.717, 1.165) is 0 Å². The van der Waals surface area contributed by atoms with Gasteiger partial charge in [-0.25, -0.2) is 4.79 Å². The Morgan fingerprint density at radius 2 is 1.72 bits per heavy atom. The summed E-state index contributed by atoms with van der Waals surface area (Å²) in [6.07, 6.45) is -1.00. The molecule has 0 aliphatic carbocycles. The summed E-state index contributed by atoms with van der Waals surface area (Å²) in [6, 6.07) is 9.78. The van der Waals surface area contributed by atoms with Gasteiger partial charge in [-0.05, 0) is 51.1 Å². The van der Waals surface area contributed by atoms with E-state index < -0.39 is 18.0 Å². The Morgan fingerprint density at radius 1 is 1.00 bits per heavy atom. The average molecular weight is 401 g/mol. The van der Waals surface area contributed by atoms with Crippen LogP contribution in [0.15, 0.2) is 36.4 Å². The number of ether oxygens (including phenoxy) is 5. The number of carbonyl (C=O) groups is 2. The van der Waals surface area contributed by atoms with Gasteiger partial charge in [-0.1, -0.05) is 0 Å². The lowest BCUT2D eigenvalue weighted by Crippen LogP contribution is -2.30. The molecule has 1 N–H and O–H groups in total. The third kappa shape index (κ3) is 4.90. The van der Waals surface area contributed by atoms with Crippen LogP contribution < -0.4 is 24.3 Å². The topological polar surface area (TPSA) is 92.3 Å². The van der Waals surface area contributed by atoms with Crippen LogP contribution in [0.4, 0.5) is 5.69 Å². The quantitative estimate of drug-likeness (QED) is 0.678. The van der Waals surface area contributed by atoms with Crippen LogP contribution >= 0.6 is 0 Å². The van der Waals surface area contributed by atoms with Crippen LogP contribution in [0.25, 0.3) is 0 Å². The van der Waals surface area contributed by atoms with Crippen LogP contribution in [0, 0.1) is 0 Å². The zero-order chi connectivity index (χ0) is 20.8. The molecule has 8 nitrogen and oxygen atoms in total. The van der Waals surface area contributed by atoms with Gasteiger partial charge < -0.3 is 29.0 Å². The number of nitrogens with one attached hydrogen (secondary N) is 1. The molecule has 0 fully saturated rings. The van der Waals surface area contributed by atoms with Crippen molar-refractivity contribution in [1.29, 1.82) is 0 Å². The highest BCUT2D eigenvalue weighted by Gasteiger charge is 2.21. The van der Waals surface area contributed by atoms with Gasteiger partial charge in [0.1, 0.15) is 0 Å². The van der Waals surface area contributed by atoms with Gasteiger partial charge in [-0.15, -0.1) is 0 Å². The number of benzene rings is 2. The van der Waals surface area contributed by atoms with Gasteiger partial charge in [0, 0.05) is 11.8 Å². The van der Waals surface area contributed by atoms with Crippen molar-refractivity contribution in [3.05, 3.63) is 42.0 Å². The Kier molecular flexibility index (Phi) is 6.43. The fourth-order valence-corrected chi connectivity index (χ4v) is 2.68. The number of rotatable bonds is 8. The molecule has 0 radical (unpaired) electrons. The highest BCUT2D eigenvalue weighted by molar-refractivity contribution is 5.97. The summed E-state index contributed by atoms with van der Waals surface area (Å²) in [6.45, 7) is 6.24. The SMILES string of the molecule is CCOc1ccc(C(=O)O[C@H](C)C(=O)Nc2ccc3c(c2)OCO3)cc1OCC. The maximum Gasteiger partial charge on any atom is 0.339 e. The van der Waals surface area contributed by atoms with Crippen molar-refractivity contribution in [2.45, 2.75) is 26.9 Å². The number of amides is 1. The lowest BCUT2D eigenvalue weighted by molar-refractivity contribution is -0.123. The zero-order valence-electron chi connectivity index (χ0n) is 16.5. The molecule has 8 heteroatoms. The first-order valence-electron chi connectivity index (χ1n) is 9.33. The van der Waals surface area contributed by atoms with E-state index in [-0.39, 0.29) is 12.4 Å². The zero-order valence-corrected chi connectivity index (χ0v) is 16.5. The standard InChI is InChI=1S/C21H23NO7/c1-4-25-16-8-6-14(10-18(16)26-5-2)21(24)29-13(3)20(23)22-15-7-9-17-19(11-15)28-12-27-17/h6-11,13H,4-5,12H2,1-3H3,(H,22,23)/t13-/m1/s1. The Bertz CT molecular complexity index is 897. The van der Waals surface area contributed by atoms with Gasteiger partial charge >= 0.3 is 5.97 Å². The van der Waals surface area contributed by atoms with Crippen LogP contribution in [-0.2, 0) is 9.53 Å². The predicted octanol–water partition coefficient (Wildman–Crippen LogP) is 3.40. The van der Waals surface area contributed by atoms with E-state index in [9.17, 15) is 9.59 Å². The van der Waals surface area contributed by atoms with E-state index in [1.165, 1.54) is 6.92 Å². The largest absolute Gasteiger partial charge is 0.490 e. The molecule has 2 aromatic rings. The molecule has 1 aliphatic rings. The number of fused-ring (bicyclic) bond motifs is 1. The van der Waals surface area contributed by atoms with E-state index in [0.29, 0.717) is 41.9 Å². The second kappa shape index (κ2) is 9.18. The molecule has 0 spiro atoms. The van der Waals surface area contributed by atoms with Gasteiger partial charge in [0.15, 0.2) is 29.1 Å². The van der Waals surface area contributed by atoms with E-state index in [4.69, 9.17) is 23.7 Å². The highest BCUT2D eigenvalue weighted by atomic mass is 16.7.